The second-order valence-corrected chi connectivity index (χ2v) is 8.25. The molecular weight excluding hydrogens is 420 g/mol. The van der Waals surface area contributed by atoms with E-state index in [1.807, 2.05) is 36.1 Å². The topological polar surface area (TPSA) is 134 Å². The third-order valence-electron chi connectivity index (χ3n) is 5.99. The molecule has 1 saturated carbocycles. The first-order chi connectivity index (χ1) is 16.2. The highest BCUT2D eigenvalue weighted by Gasteiger charge is 2.24. The van der Waals surface area contributed by atoms with Gasteiger partial charge in [0.15, 0.2) is 11.2 Å². The van der Waals surface area contributed by atoms with Crippen LogP contribution in [0, 0.1) is 5.92 Å². The number of ether oxygens (including phenoxy) is 1. The minimum atomic E-state index is 0.343. The summed E-state index contributed by atoms with van der Waals surface area (Å²) in [4.78, 5) is 13.7. The highest BCUT2D eigenvalue weighted by Crippen LogP contribution is 2.27. The first kappa shape index (κ1) is 21.4. The Bertz CT molecular complexity index is 1200. The third-order valence-corrected chi connectivity index (χ3v) is 5.99. The van der Waals surface area contributed by atoms with Gasteiger partial charge in [-0.3, -0.25) is 9.67 Å². The second kappa shape index (κ2) is 9.59. The molecule has 0 amide bonds. The van der Waals surface area contributed by atoms with E-state index in [1.165, 1.54) is 0 Å². The molecule has 0 bridgehead atoms. The van der Waals surface area contributed by atoms with Crippen molar-refractivity contribution in [2.45, 2.75) is 38.8 Å². The number of pyridine rings is 1. The Balaban J connectivity index is 1.32. The molecule has 1 fully saturated rings. The number of nitrogens with one attached hydrogen (secondary N) is 1. The molecule has 33 heavy (non-hydrogen) atoms. The van der Waals surface area contributed by atoms with Gasteiger partial charge in [-0.25, -0.2) is 4.98 Å². The van der Waals surface area contributed by atoms with Gasteiger partial charge in [-0.05, 0) is 50.8 Å². The van der Waals surface area contributed by atoms with E-state index in [0.29, 0.717) is 48.8 Å². The maximum Gasteiger partial charge on any atom is 0.225 e. The van der Waals surface area contributed by atoms with E-state index in [2.05, 4.69) is 35.7 Å². The number of nitrogens with two attached hydrogens (primary N) is 1. The minimum absolute atomic E-state index is 0.343. The SMILES string of the molecule is CCOCCn1cc(-c2ccc(-n3nnc4cnc(N[C@@H]5CC[C@@H](CN)C5)nc43)cn2)cn1. The third kappa shape index (κ3) is 4.69. The monoisotopic (exact) mass is 448 g/mol. The zero-order valence-electron chi connectivity index (χ0n) is 18.6. The Morgan fingerprint density at radius 2 is 2.12 bits per heavy atom. The van der Waals surface area contributed by atoms with Crippen molar-refractivity contribution in [2.24, 2.45) is 11.7 Å². The van der Waals surface area contributed by atoms with E-state index in [4.69, 9.17) is 10.5 Å². The van der Waals surface area contributed by atoms with Crippen molar-refractivity contribution in [3.8, 4) is 16.9 Å². The average Bonchev–Trinajstić information content (AvgIpc) is 3.59. The fourth-order valence-corrected chi connectivity index (χ4v) is 4.18. The summed E-state index contributed by atoms with van der Waals surface area (Å²) >= 11 is 0. The predicted molar refractivity (Wildman–Crippen MR) is 124 cm³/mol. The first-order valence-electron chi connectivity index (χ1n) is 11.4. The lowest BCUT2D eigenvalue weighted by Crippen LogP contribution is -2.19. The van der Waals surface area contributed by atoms with Crippen LogP contribution >= 0.6 is 0 Å². The molecule has 5 rings (SSSR count). The number of hydrogen-bond donors (Lipinski definition) is 2. The molecule has 0 saturated heterocycles. The van der Waals surface area contributed by atoms with Crippen LogP contribution in [0.4, 0.5) is 5.95 Å². The Hall–Kier alpha value is -3.44. The molecule has 3 N–H and O–H groups in total. The van der Waals surface area contributed by atoms with Gasteiger partial charge < -0.3 is 15.8 Å². The Kier molecular flexibility index (Phi) is 6.22. The van der Waals surface area contributed by atoms with Crippen LogP contribution in [-0.4, -0.2) is 65.5 Å². The van der Waals surface area contributed by atoms with Crippen LogP contribution in [0.25, 0.3) is 28.1 Å². The quantitative estimate of drug-likeness (QED) is 0.369. The lowest BCUT2D eigenvalue weighted by atomic mass is 10.1. The number of aromatic nitrogens is 8. The van der Waals surface area contributed by atoms with E-state index in [0.717, 1.165) is 42.8 Å². The van der Waals surface area contributed by atoms with Crippen LogP contribution in [0.5, 0.6) is 0 Å². The summed E-state index contributed by atoms with van der Waals surface area (Å²) in [7, 11) is 0. The van der Waals surface area contributed by atoms with Gasteiger partial charge in [0.25, 0.3) is 0 Å². The van der Waals surface area contributed by atoms with Crippen molar-refractivity contribution < 1.29 is 4.74 Å². The molecule has 1 aliphatic carbocycles. The molecule has 2 atom stereocenters. The molecule has 11 nitrogen and oxygen atoms in total. The van der Waals surface area contributed by atoms with Crippen molar-refractivity contribution in [3.63, 3.8) is 0 Å². The van der Waals surface area contributed by atoms with Crippen LogP contribution < -0.4 is 11.1 Å². The van der Waals surface area contributed by atoms with Crippen LogP contribution in [0.2, 0.25) is 0 Å². The van der Waals surface area contributed by atoms with Gasteiger partial charge in [0.1, 0.15) is 0 Å². The van der Waals surface area contributed by atoms with E-state index in [-0.39, 0.29) is 0 Å². The largest absolute Gasteiger partial charge is 0.380 e. The normalized spacial score (nSPS) is 18.2. The van der Waals surface area contributed by atoms with Crippen molar-refractivity contribution in [2.75, 3.05) is 25.1 Å². The maximum absolute atomic E-state index is 5.81. The highest BCUT2D eigenvalue weighted by atomic mass is 16.5. The fourth-order valence-electron chi connectivity index (χ4n) is 4.18. The lowest BCUT2D eigenvalue weighted by Gasteiger charge is -2.12. The zero-order valence-corrected chi connectivity index (χ0v) is 18.6. The number of fused-ring (bicyclic) bond motifs is 1. The van der Waals surface area contributed by atoms with Crippen LogP contribution in [-0.2, 0) is 11.3 Å². The van der Waals surface area contributed by atoms with Gasteiger partial charge in [-0.2, -0.15) is 14.8 Å². The molecule has 172 valence electrons. The Labute approximate surface area is 191 Å². The van der Waals surface area contributed by atoms with Crippen molar-refractivity contribution in [1.29, 1.82) is 0 Å². The van der Waals surface area contributed by atoms with Crippen LogP contribution in [0.15, 0.2) is 36.9 Å². The molecule has 11 heteroatoms. The molecule has 0 aromatic carbocycles. The van der Waals surface area contributed by atoms with Crippen LogP contribution in [0.3, 0.4) is 0 Å². The molecule has 1 aliphatic rings. The second-order valence-electron chi connectivity index (χ2n) is 8.25. The van der Waals surface area contributed by atoms with E-state index >= 15 is 0 Å². The molecular formula is C22H28N10O. The summed E-state index contributed by atoms with van der Waals surface area (Å²) in [6.45, 7) is 4.75. The maximum atomic E-state index is 5.81. The van der Waals surface area contributed by atoms with Gasteiger partial charge in [-0.1, -0.05) is 5.21 Å². The van der Waals surface area contributed by atoms with Crippen LogP contribution in [0.1, 0.15) is 26.2 Å². The molecule has 0 spiro atoms. The molecule has 4 heterocycles. The number of anilines is 1. The number of hydrogen-bond acceptors (Lipinski definition) is 9. The molecule has 4 aromatic heterocycles. The van der Waals surface area contributed by atoms with Gasteiger partial charge in [0.2, 0.25) is 5.95 Å². The Morgan fingerprint density at radius 3 is 2.91 bits per heavy atom. The molecule has 0 unspecified atom stereocenters. The van der Waals surface area contributed by atoms with Crippen molar-refractivity contribution in [3.05, 3.63) is 36.9 Å². The van der Waals surface area contributed by atoms with Gasteiger partial charge in [0, 0.05) is 24.4 Å². The first-order valence-corrected chi connectivity index (χ1v) is 11.4. The van der Waals surface area contributed by atoms with E-state index < -0.39 is 0 Å². The van der Waals surface area contributed by atoms with Crippen molar-refractivity contribution in [1.82, 2.24) is 39.7 Å². The summed E-state index contributed by atoms with van der Waals surface area (Å²) in [5, 5.41) is 16.3. The summed E-state index contributed by atoms with van der Waals surface area (Å²) in [5.74, 6) is 1.15. The Morgan fingerprint density at radius 1 is 1.18 bits per heavy atom. The van der Waals surface area contributed by atoms with Gasteiger partial charge >= 0.3 is 0 Å². The fraction of sp³-hybridized carbons (Fsp3) is 0.455. The summed E-state index contributed by atoms with van der Waals surface area (Å²) in [6, 6.07) is 4.24. The highest BCUT2D eigenvalue weighted by molar-refractivity contribution is 5.72. The van der Waals surface area contributed by atoms with Crippen molar-refractivity contribution >= 4 is 17.1 Å². The standard InChI is InChI=1S/C22H28N10O/c1-2-33-8-7-31-14-16(11-26-31)19-6-5-18(12-24-19)32-21-20(29-30-32)13-25-22(28-21)27-17-4-3-15(9-17)10-23/h5-6,11-15,17H,2-4,7-10,23H2,1H3,(H,25,27,28)/t15-,17-/m1/s1. The van der Waals surface area contributed by atoms with E-state index in [9.17, 15) is 0 Å². The smallest absolute Gasteiger partial charge is 0.225 e. The van der Waals surface area contributed by atoms with E-state index in [1.54, 1.807) is 17.1 Å². The molecule has 0 radical (unpaired) electrons. The van der Waals surface area contributed by atoms with Gasteiger partial charge in [-0.15, -0.1) is 5.10 Å². The average molecular weight is 449 g/mol. The molecule has 4 aromatic rings. The molecule has 0 aliphatic heterocycles. The lowest BCUT2D eigenvalue weighted by molar-refractivity contribution is 0.136. The number of nitrogens with zero attached hydrogens (tertiary/aromatic N) is 8. The predicted octanol–water partition coefficient (Wildman–Crippen LogP) is 2.04. The van der Waals surface area contributed by atoms with Gasteiger partial charge in [0.05, 0.1) is 43.1 Å². The minimum Gasteiger partial charge on any atom is -0.380 e. The summed E-state index contributed by atoms with van der Waals surface area (Å²) in [5.41, 5.74) is 9.64. The summed E-state index contributed by atoms with van der Waals surface area (Å²) < 4.78 is 8.93. The number of rotatable bonds is 9. The summed E-state index contributed by atoms with van der Waals surface area (Å²) in [6.07, 6.45) is 10.5. The zero-order chi connectivity index (χ0) is 22.6.